The van der Waals surface area contributed by atoms with Crippen LogP contribution in [0.15, 0.2) is 40.5 Å². The molecule has 0 aliphatic carbocycles. The van der Waals surface area contributed by atoms with Gasteiger partial charge in [-0.05, 0) is 19.1 Å². The molecule has 2 aromatic rings. The van der Waals surface area contributed by atoms with Crippen molar-refractivity contribution in [1.29, 1.82) is 0 Å². The van der Waals surface area contributed by atoms with E-state index in [9.17, 15) is 10.1 Å². The number of hydrogen-bond acceptors (Lipinski definition) is 6. The highest BCUT2D eigenvalue weighted by molar-refractivity contribution is 7.99. The highest BCUT2D eigenvalue weighted by atomic mass is 35.5. The first-order chi connectivity index (χ1) is 9.63. The molecule has 0 bridgehead atoms. The van der Waals surface area contributed by atoms with Gasteiger partial charge in [-0.2, -0.15) is 0 Å². The summed E-state index contributed by atoms with van der Waals surface area (Å²) in [6.45, 7) is 2.38. The molecule has 0 aliphatic heterocycles. The van der Waals surface area contributed by atoms with Gasteiger partial charge in [0.2, 0.25) is 5.82 Å². The molecule has 0 amide bonds. The van der Waals surface area contributed by atoms with Gasteiger partial charge in [0, 0.05) is 11.4 Å². The van der Waals surface area contributed by atoms with Crippen molar-refractivity contribution in [2.24, 2.45) is 0 Å². The average molecular weight is 311 g/mol. The Morgan fingerprint density at radius 1 is 1.40 bits per heavy atom. The maximum absolute atomic E-state index is 11.2. The topological polar surface area (TPSA) is 81.0 Å². The highest BCUT2D eigenvalue weighted by Crippen LogP contribution is 2.38. The quantitative estimate of drug-likeness (QED) is 0.516. The summed E-state index contributed by atoms with van der Waals surface area (Å²) >= 11 is 7.20. The molecule has 2 rings (SSSR count). The van der Waals surface area contributed by atoms with E-state index in [-0.39, 0.29) is 16.5 Å². The van der Waals surface area contributed by atoms with Crippen LogP contribution in [-0.4, -0.2) is 21.4 Å². The number of aromatic nitrogens is 2. The molecular weight excluding hydrogens is 300 g/mol. The highest BCUT2D eigenvalue weighted by Gasteiger charge is 2.23. The van der Waals surface area contributed by atoms with E-state index in [2.05, 4.69) is 15.3 Å². The fourth-order valence-electron chi connectivity index (χ4n) is 1.53. The third kappa shape index (κ3) is 3.17. The monoisotopic (exact) mass is 310 g/mol. The standard InChI is InChI=1S/C12H11ClN4O2S/c1-2-14-11-10(17(18)19)12(16-7-15-11)20-9-6-4-3-5-8(9)13/h3-7H,2H2,1H3,(H,14,15,16). The zero-order chi connectivity index (χ0) is 14.5. The number of hydrogen-bond donors (Lipinski definition) is 1. The maximum Gasteiger partial charge on any atom is 0.343 e. The lowest BCUT2D eigenvalue weighted by Crippen LogP contribution is -2.05. The van der Waals surface area contributed by atoms with Gasteiger partial charge in [-0.3, -0.25) is 10.1 Å². The maximum atomic E-state index is 11.2. The van der Waals surface area contributed by atoms with Crippen LogP contribution in [0.5, 0.6) is 0 Å². The summed E-state index contributed by atoms with van der Waals surface area (Å²) in [6, 6.07) is 7.12. The van der Waals surface area contributed by atoms with Gasteiger partial charge in [0.05, 0.1) is 9.95 Å². The summed E-state index contributed by atoms with van der Waals surface area (Å²) in [5, 5.41) is 14.9. The zero-order valence-corrected chi connectivity index (χ0v) is 12.1. The minimum absolute atomic E-state index is 0.140. The van der Waals surface area contributed by atoms with E-state index >= 15 is 0 Å². The first-order valence-electron chi connectivity index (χ1n) is 5.79. The molecule has 6 nitrogen and oxygen atoms in total. The molecule has 1 heterocycles. The number of nitrogens with zero attached hydrogens (tertiary/aromatic N) is 3. The molecule has 20 heavy (non-hydrogen) atoms. The third-order valence-electron chi connectivity index (χ3n) is 2.36. The molecule has 0 radical (unpaired) electrons. The van der Waals surface area contributed by atoms with E-state index in [4.69, 9.17) is 11.6 Å². The largest absolute Gasteiger partial charge is 0.364 e. The van der Waals surface area contributed by atoms with Crippen LogP contribution in [0.2, 0.25) is 5.02 Å². The van der Waals surface area contributed by atoms with Gasteiger partial charge in [-0.15, -0.1) is 0 Å². The van der Waals surface area contributed by atoms with E-state index in [1.165, 1.54) is 6.33 Å². The summed E-state index contributed by atoms with van der Waals surface area (Å²) in [6.07, 6.45) is 1.30. The molecule has 0 spiro atoms. The molecule has 1 aromatic carbocycles. The van der Waals surface area contributed by atoms with Crippen LogP contribution in [0, 0.1) is 10.1 Å². The van der Waals surface area contributed by atoms with Crippen molar-refractivity contribution in [2.45, 2.75) is 16.8 Å². The van der Waals surface area contributed by atoms with Crippen molar-refractivity contribution < 1.29 is 4.92 Å². The predicted octanol–water partition coefficient (Wildman–Crippen LogP) is 3.62. The molecule has 0 saturated heterocycles. The second kappa shape index (κ2) is 6.53. The van der Waals surface area contributed by atoms with Crippen molar-refractivity contribution in [3.8, 4) is 0 Å². The Kier molecular flexibility index (Phi) is 4.75. The molecular formula is C12H11ClN4O2S. The van der Waals surface area contributed by atoms with E-state index in [1.807, 2.05) is 13.0 Å². The van der Waals surface area contributed by atoms with Crippen LogP contribution in [0.25, 0.3) is 0 Å². The number of benzene rings is 1. The number of halogens is 1. The SMILES string of the molecule is CCNc1ncnc(Sc2ccccc2Cl)c1[N+](=O)[O-]. The van der Waals surface area contributed by atoms with Gasteiger partial charge >= 0.3 is 5.69 Å². The molecule has 104 valence electrons. The molecule has 0 unspecified atom stereocenters. The van der Waals surface area contributed by atoms with Gasteiger partial charge in [0.25, 0.3) is 0 Å². The fourth-order valence-corrected chi connectivity index (χ4v) is 2.67. The Hall–Kier alpha value is -1.86. The molecule has 0 saturated carbocycles. The minimum atomic E-state index is -0.489. The van der Waals surface area contributed by atoms with Crippen LogP contribution < -0.4 is 5.32 Å². The van der Waals surface area contributed by atoms with Crippen molar-refractivity contribution in [1.82, 2.24) is 9.97 Å². The van der Waals surface area contributed by atoms with Crippen LogP contribution in [-0.2, 0) is 0 Å². The number of nitro groups is 1. The summed E-state index contributed by atoms with van der Waals surface area (Å²) in [7, 11) is 0. The molecule has 1 aromatic heterocycles. The van der Waals surface area contributed by atoms with E-state index in [0.29, 0.717) is 16.5 Å². The minimum Gasteiger partial charge on any atom is -0.364 e. The molecule has 0 aliphatic rings. The first kappa shape index (κ1) is 14.5. The summed E-state index contributed by atoms with van der Waals surface area (Å²) in [4.78, 5) is 19.3. The summed E-state index contributed by atoms with van der Waals surface area (Å²) < 4.78 is 0. The Labute approximate surface area is 124 Å². The Morgan fingerprint density at radius 2 is 2.15 bits per heavy atom. The third-order valence-corrected chi connectivity index (χ3v) is 3.87. The Bertz CT molecular complexity index is 639. The van der Waals surface area contributed by atoms with Gasteiger partial charge in [-0.1, -0.05) is 35.5 Å². The number of anilines is 1. The number of rotatable bonds is 5. The first-order valence-corrected chi connectivity index (χ1v) is 6.98. The summed E-state index contributed by atoms with van der Waals surface area (Å²) in [5.41, 5.74) is -0.140. The van der Waals surface area contributed by atoms with Gasteiger partial charge in [0.1, 0.15) is 6.33 Å². The van der Waals surface area contributed by atoms with Crippen molar-refractivity contribution in [3.63, 3.8) is 0 Å². The zero-order valence-electron chi connectivity index (χ0n) is 10.5. The van der Waals surface area contributed by atoms with Crippen LogP contribution in [0.1, 0.15) is 6.92 Å². The second-order valence-electron chi connectivity index (χ2n) is 3.70. The Morgan fingerprint density at radius 3 is 2.80 bits per heavy atom. The molecule has 8 heteroatoms. The second-order valence-corrected chi connectivity index (χ2v) is 5.13. The molecule has 0 atom stereocenters. The summed E-state index contributed by atoms with van der Waals surface area (Å²) in [5.74, 6) is 0.210. The predicted molar refractivity (Wildman–Crippen MR) is 78.4 cm³/mol. The van der Waals surface area contributed by atoms with Crippen LogP contribution in [0.3, 0.4) is 0 Å². The van der Waals surface area contributed by atoms with E-state index in [1.54, 1.807) is 18.2 Å². The lowest BCUT2D eigenvalue weighted by atomic mass is 10.4. The van der Waals surface area contributed by atoms with Crippen molar-refractivity contribution in [2.75, 3.05) is 11.9 Å². The average Bonchev–Trinajstić information content (AvgIpc) is 2.41. The Balaban J connectivity index is 2.44. The smallest absolute Gasteiger partial charge is 0.343 e. The van der Waals surface area contributed by atoms with E-state index in [0.717, 1.165) is 11.8 Å². The number of nitrogens with one attached hydrogen (secondary N) is 1. The van der Waals surface area contributed by atoms with E-state index < -0.39 is 4.92 Å². The molecule has 1 N–H and O–H groups in total. The van der Waals surface area contributed by atoms with Crippen molar-refractivity contribution >= 4 is 34.9 Å². The lowest BCUT2D eigenvalue weighted by Gasteiger charge is -2.07. The fraction of sp³-hybridized carbons (Fsp3) is 0.167. The van der Waals surface area contributed by atoms with Gasteiger partial charge < -0.3 is 5.32 Å². The van der Waals surface area contributed by atoms with Crippen LogP contribution in [0.4, 0.5) is 11.5 Å². The van der Waals surface area contributed by atoms with Gasteiger partial charge in [-0.25, -0.2) is 9.97 Å². The van der Waals surface area contributed by atoms with Crippen molar-refractivity contribution in [3.05, 3.63) is 45.7 Å². The normalized spacial score (nSPS) is 10.3. The lowest BCUT2D eigenvalue weighted by molar-refractivity contribution is -0.387. The molecule has 0 fully saturated rings. The van der Waals surface area contributed by atoms with Crippen LogP contribution >= 0.6 is 23.4 Å². The van der Waals surface area contributed by atoms with Gasteiger partial charge in [0.15, 0.2) is 5.03 Å².